The summed E-state index contributed by atoms with van der Waals surface area (Å²) >= 11 is 5.90. The molecule has 0 fully saturated rings. The lowest BCUT2D eigenvalue weighted by atomic mass is 9.77. The zero-order valence-corrected chi connectivity index (χ0v) is 11.1. The topological polar surface area (TPSA) is 34.1 Å². The molecule has 86 valence electrons. The van der Waals surface area contributed by atoms with Gasteiger partial charge in [-0.2, -0.15) is 0 Å². The Morgan fingerprint density at radius 3 is 2.14 bits per heavy atom. The highest BCUT2D eigenvalue weighted by molar-refractivity contribution is 7.90. The van der Waals surface area contributed by atoms with E-state index in [2.05, 4.69) is 20.8 Å². The molecule has 0 saturated carbocycles. The van der Waals surface area contributed by atoms with E-state index in [4.69, 9.17) is 11.6 Å². The first-order valence-corrected chi connectivity index (χ1v) is 7.54. The standard InChI is InChI=1S/C10H21ClO2S/c1-9(2)10(3,8-11)6-5-7-14(4,12)13/h9H,5-8H2,1-4H3. The maximum absolute atomic E-state index is 10.9. The van der Waals surface area contributed by atoms with Crippen molar-refractivity contribution in [2.75, 3.05) is 17.9 Å². The molecule has 0 aliphatic heterocycles. The van der Waals surface area contributed by atoms with Crippen LogP contribution in [0.15, 0.2) is 0 Å². The Morgan fingerprint density at radius 1 is 1.36 bits per heavy atom. The quantitative estimate of drug-likeness (QED) is 0.669. The number of sulfone groups is 1. The normalized spacial score (nSPS) is 17.0. The molecule has 0 aromatic rings. The molecule has 0 aromatic carbocycles. The minimum atomic E-state index is -2.82. The van der Waals surface area contributed by atoms with Gasteiger partial charge in [-0.1, -0.05) is 20.8 Å². The third kappa shape index (κ3) is 5.20. The van der Waals surface area contributed by atoms with Crippen LogP contribution in [0.2, 0.25) is 0 Å². The van der Waals surface area contributed by atoms with Gasteiger partial charge < -0.3 is 0 Å². The predicted octanol–water partition coefficient (Wildman–Crippen LogP) is 2.71. The molecule has 0 aliphatic carbocycles. The molecule has 14 heavy (non-hydrogen) atoms. The van der Waals surface area contributed by atoms with Crippen LogP contribution in [-0.2, 0) is 9.84 Å². The van der Waals surface area contributed by atoms with Crippen LogP contribution < -0.4 is 0 Å². The fraction of sp³-hybridized carbons (Fsp3) is 1.00. The van der Waals surface area contributed by atoms with Crippen molar-refractivity contribution in [2.45, 2.75) is 33.6 Å². The molecular weight excluding hydrogens is 220 g/mol. The van der Waals surface area contributed by atoms with Gasteiger partial charge in [-0.05, 0) is 24.2 Å². The van der Waals surface area contributed by atoms with Crippen molar-refractivity contribution in [3.05, 3.63) is 0 Å². The van der Waals surface area contributed by atoms with Crippen LogP contribution in [0.4, 0.5) is 0 Å². The molecule has 0 amide bonds. The zero-order valence-electron chi connectivity index (χ0n) is 9.51. The average molecular weight is 241 g/mol. The number of alkyl halides is 1. The van der Waals surface area contributed by atoms with Gasteiger partial charge in [0.05, 0.1) is 0 Å². The largest absolute Gasteiger partial charge is 0.229 e. The Morgan fingerprint density at radius 2 is 1.86 bits per heavy atom. The van der Waals surface area contributed by atoms with Gasteiger partial charge in [-0.3, -0.25) is 0 Å². The van der Waals surface area contributed by atoms with Gasteiger partial charge in [0.25, 0.3) is 0 Å². The van der Waals surface area contributed by atoms with Crippen molar-refractivity contribution in [3.63, 3.8) is 0 Å². The maximum Gasteiger partial charge on any atom is 0.147 e. The summed E-state index contributed by atoms with van der Waals surface area (Å²) in [6, 6.07) is 0. The first kappa shape index (κ1) is 14.2. The Bertz CT molecular complexity index is 259. The van der Waals surface area contributed by atoms with Crippen molar-refractivity contribution in [1.82, 2.24) is 0 Å². The molecule has 1 atom stereocenters. The van der Waals surface area contributed by atoms with Crippen molar-refractivity contribution in [2.24, 2.45) is 11.3 Å². The lowest BCUT2D eigenvalue weighted by molar-refractivity contribution is 0.232. The number of hydrogen-bond donors (Lipinski definition) is 0. The second-order valence-corrected chi connectivity index (χ2v) is 7.20. The van der Waals surface area contributed by atoms with E-state index in [1.54, 1.807) is 0 Å². The molecular formula is C10H21ClO2S. The van der Waals surface area contributed by atoms with Crippen molar-refractivity contribution >= 4 is 21.4 Å². The molecule has 0 heterocycles. The predicted molar refractivity (Wildman–Crippen MR) is 62.6 cm³/mol. The van der Waals surface area contributed by atoms with Crippen molar-refractivity contribution in [3.8, 4) is 0 Å². The Balaban J connectivity index is 4.10. The Kier molecular flexibility index (Phi) is 5.45. The maximum atomic E-state index is 10.9. The van der Waals surface area contributed by atoms with Crippen LogP contribution in [0.25, 0.3) is 0 Å². The van der Waals surface area contributed by atoms with Gasteiger partial charge in [0.15, 0.2) is 0 Å². The van der Waals surface area contributed by atoms with Crippen LogP contribution in [-0.4, -0.2) is 26.3 Å². The fourth-order valence-corrected chi connectivity index (χ4v) is 2.36. The summed E-state index contributed by atoms with van der Waals surface area (Å²) in [5, 5.41) is 0. The van der Waals surface area contributed by atoms with E-state index in [0.29, 0.717) is 18.2 Å². The SMILES string of the molecule is CC(C)C(C)(CCl)CCCS(C)(=O)=O. The highest BCUT2D eigenvalue weighted by Gasteiger charge is 2.27. The van der Waals surface area contributed by atoms with Crippen LogP contribution in [0.1, 0.15) is 33.6 Å². The molecule has 0 rings (SSSR count). The molecule has 0 radical (unpaired) electrons. The van der Waals surface area contributed by atoms with E-state index < -0.39 is 9.84 Å². The molecule has 4 heteroatoms. The number of rotatable bonds is 6. The molecule has 1 unspecified atom stereocenters. The molecule has 0 saturated heterocycles. The summed E-state index contributed by atoms with van der Waals surface area (Å²) < 4.78 is 21.9. The van der Waals surface area contributed by atoms with Gasteiger partial charge >= 0.3 is 0 Å². The summed E-state index contributed by atoms with van der Waals surface area (Å²) in [7, 11) is -2.82. The van der Waals surface area contributed by atoms with E-state index >= 15 is 0 Å². The van der Waals surface area contributed by atoms with E-state index in [-0.39, 0.29) is 11.2 Å². The molecule has 0 bridgehead atoms. The summed E-state index contributed by atoms with van der Waals surface area (Å²) in [6.45, 7) is 6.37. The van der Waals surface area contributed by atoms with Crippen molar-refractivity contribution < 1.29 is 8.42 Å². The van der Waals surface area contributed by atoms with Gasteiger partial charge in [0.2, 0.25) is 0 Å². The molecule has 0 N–H and O–H groups in total. The van der Waals surface area contributed by atoms with Crippen LogP contribution in [0.5, 0.6) is 0 Å². The molecule has 0 aromatic heterocycles. The first-order valence-electron chi connectivity index (χ1n) is 4.95. The van der Waals surface area contributed by atoms with E-state index in [9.17, 15) is 8.42 Å². The summed E-state index contributed by atoms with van der Waals surface area (Å²) in [6.07, 6.45) is 2.86. The summed E-state index contributed by atoms with van der Waals surface area (Å²) in [5.74, 6) is 1.35. The summed E-state index contributed by atoms with van der Waals surface area (Å²) in [5.41, 5.74) is 0.0618. The molecule has 0 aliphatic rings. The number of halogens is 1. The minimum Gasteiger partial charge on any atom is -0.229 e. The zero-order chi connectivity index (χ0) is 11.4. The van der Waals surface area contributed by atoms with Crippen LogP contribution in [0, 0.1) is 11.3 Å². The highest BCUT2D eigenvalue weighted by atomic mass is 35.5. The molecule has 2 nitrogen and oxygen atoms in total. The lowest BCUT2D eigenvalue weighted by Crippen LogP contribution is -2.26. The highest BCUT2D eigenvalue weighted by Crippen LogP contribution is 2.33. The molecule has 0 spiro atoms. The second kappa shape index (κ2) is 5.36. The third-order valence-electron chi connectivity index (χ3n) is 2.96. The average Bonchev–Trinajstić information content (AvgIpc) is 2.01. The van der Waals surface area contributed by atoms with E-state index in [1.807, 2.05) is 0 Å². The van der Waals surface area contributed by atoms with E-state index in [0.717, 1.165) is 6.42 Å². The van der Waals surface area contributed by atoms with Gasteiger partial charge in [0, 0.05) is 17.9 Å². The van der Waals surface area contributed by atoms with Gasteiger partial charge in [-0.15, -0.1) is 11.6 Å². The first-order chi connectivity index (χ1) is 6.21. The Hall–Kier alpha value is 0.240. The second-order valence-electron chi connectivity index (χ2n) is 4.68. The lowest BCUT2D eigenvalue weighted by Gasteiger charge is -2.31. The van der Waals surface area contributed by atoms with Gasteiger partial charge in [0.1, 0.15) is 9.84 Å². The Labute approximate surface area is 93.0 Å². The monoisotopic (exact) mass is 240 g/mol. The van der Waals surface area contributed by atoms with E-state index in [1.165, 1.54) is 6.26 Å². The van der Waals surface area contributed by atoms with Crippen LogP contribution in [0.3, 0.4) is 0 Å². The smallest absolute Gasteiger partial charge is 0.147 e. The number of hydrogen-bond acceptors (Lipinski definition) is 2. The fourth-order valence-electron chi connectivity index (χ4n) is 1.25. The minimum absolute atomic E-state index is 0.0618. The summed E-state index contributed by atoms with van der Waals surface area (Å²) in [4.78, 5) is 0. The van der Waals surface area contributed by atoms with Gasteiger partial charge in [-0.25, -0.2) is 8.42 Å². The van der Waals surface area contributed by atoms with Crippen LogP contribution >= 0.6 is 11.6 Å². The van der Waals surface area contributed by atoms with Crippen molar-refractivity contribution in [1.29, 1.82) is 0 Å². The third-order valence-corrected chi connectivity index (χ3v) is 4.60.